The van der Waals surface area contributed by atoms with Gasteiger partial charge in [-0.2, -0.15) is 0 Å². The quantitative estimate of drug-likeness (QED) is 0.883. The first kappa shape index (κ1) is 17.9. The van der Waals surface area contributed by atoms with Crippen molar-refractivity contribution in [3.05, 3.63) is 53.2 Å². The molecule has 1 saturated heterocycles. The monoisotopic (exact) mass is 365 g/mol. The van der Waals surface area contributed by atoms with Crippen molar-refractivity contribution >= 4 is 23.2 Å². The van der Waals surface area contributed by atoms with Gasteiger partial charge >= 0.3 is 0 Å². The van der Waals surface area contributed by atoms with Gasteiger partial charge in [0.1, 0.15) is 11.6 Å². The van der Waals surface area contributed by atoms with Crippen molar-refractivity contribution in [1.29, 1.82) is 0 Å². The lowest BCUT2D eigenvalue weighted by Crippen LogP contribution is -2.52. The third-order valence-electron chi connectivity index (χ3n) is 4.48. The smallest absolute Gasteiger partial charge is 0.241 e. The number of anilines is 1. The van der Waals surface area contributed by atoms with E-state index in [1.54, 1.807) is 12.3 Å². The van der Waals surface area contributed by atoms with E-state index in [9.17, 15) is 9.18 Å². The van der Waals surface area contributed by atoms with Crippen LogP contribution >= 0.6 is 11.6 Å². The van der Waals surface area contributed by atoms with Crippen molar-refractivity contribution in [2.45, 2.75) is 19.5 Å². The summed E-state index contributed by atoms with van der Waals surface area (Å²) in [5.74, 6) is 0.189. The molecule has 1 aliphatic rings. The fourth-order valence-electron chi connectivity index (χ4n) is 2.93. The highest BCUT2D eigenvalue weighted by atomic mass is 35.5. The van der Waals surface area contributed by atoms with Gasteiger partial charge in [0.05, 0.1) is 24.5 Å². The highest BCUT2D eigenvalue weighted by Gasteiger charge is 2.26. The molecule has 1 aromatic carbocycles. The maximum Gasteiger partial charge on any atom is 0.241 e. The molecule has 0 radical (unpaired) electrons. The molecule has 1 atom stereocenters. The first-order valence-electron chi connectivity index (χ1n) is 8.27. The van der Waals surface area contributed by atoms with E-state index in [1.807, 2.05) is 19.1 Å². The van der Waals surface area contributed by atoms with Crippen molar-refractivity contribution in [2.75, 3.05) is 31.5 Å². The Labute approximate surface area is 151 Å². The SMILES string of the molecule is C[C@H](C(=O)Nc1ccc(Cl)cc1F)N1CCN(Cc2ccco2)CC1. The zero-order chi connectivity index (χ0) is 17.8. The molecule has 1 amide bonds. The Morgan fingerprint density at radius 2 is 2.08 bits per heavy atom. The van der Waals surface area contributed by atoms with Crippen LogP contribution in [0.2, 0.25) is 5.02 Å². The number of benzene rings is 1. The number of carbonyl (C=O) groups is 1. The van der Waals surface area contributed by atoms with Crippen LogP contribution in [0.5, 0.6) is 0 Å². The summed E-state index contributed by atoms with van der Waals surface area (Å²) in [6.07, 6.45) is 1.67. The minimum atomic E-state index is -0.531. The Balaban J connectivity index is 1.51. The Hall–Kier alpha value is -1.89. The van der Waals surface area contributed by atoms with E-state index in [-0.39, 0.29) is 17.6 Å². The predicted molar refractivity (Wildman–Crippen MR) is 95.1 cm³/mol. The molecule has 2 aromatic rings. The van der Waals surface area contributed by atoms with Gasteiger partial charge in [0.2, 0.25) is 5.91 Å². The second-order valence-electron chi connectivity index (χ2n) is 6.18. The zero-order valence-corrected chi connectivity index (χ0v) is 14.8. The molecule has 0 spiro atoms. The lowest BCUT2D eigenvalue weighted by atomic mass is 10.2. The minimum absolute atomic E-state index is 0.151. The lowest BCUT2D eigenvalue weighted by Gasteiger charge is -2.37. The van der Waals surface area contributed by atoms with E-state index in [0.717, 1.165) is 38.5 Å². The van der Waals surface area contributed by atoms with Crippen molar-refractivity contribution < 1.29 is 13.6 Å². The van der Waals surface area contributed by atoms with E-state index < -0.39 is 5.82 Å². The maximum absolute atomic E-state index is 13.8. The molecule has 5 nitrogen and oxygen atoms in total. The highest BCUT2D eigenvalue weighted by molar-refractivity contribution is 6.30. The van der Waals surface area contributed by atoms with Crippen LogP contribution in [0.3, 0.4) is 0 Å². The van der Waals surface area contributed by atoms with Crippen LogP contribution in [-0.4, -0.2) is 47.9 Å². The molecule has 3 rings (SSSR count). The van der Waals surface area contributed by atoms with Crippen LogP contribution in [0.25, 0.3) is 0 Å². The van der Waals surface area contributed by atoms with Crippen LogP contribution in [0.4, 0.5) is 10.1 Å². The third kappa shape index (κ3) is 4.60. The summed E-state index contributed by atoms with van der Waals surface area (Å²) in [5.41, 5.74) is 0.151. The predicted octanol–water partition coefficient (Wildman–Crippen LogP) is 3.22. The van der Waals surface area contributed by atoms with E-state index >= 15 is 0 Å². The number of furan rings is 1. The molecule has 0 aliphatic carbocycles. The second-order valence-corrected chi connectivity index (χ2v) is 6.62. The number of amides is 1. The molecule has 2 heterocycles. The normalized spacial score (nSPS) is 17.4. The minimum Gasteiger partial charge on any atom is -0.468 e. The average Bonchev–Trinajstić information content (AvgIpc) is 3.10. The fourth-order valence-corrected chi connectivity index (χ4v) is 3.08. The van der Waals surface area contributed by atoms with Gasteiger partial charge in [-0.25, -0.2) is 4.39 Å². The van der Waals surface area contributed by atoms with Crippen molar-refractivity contribution in [1.82, 2.24) is 9.80 Å². The number of hydrogen-bond acceptors (Lipinski definition) is 4. The Kier molecular flexibility index (Phi) is 5.73. The summed E-state index contributed by atoms with van der Waals surface area (Å²) in [4.78, 5) is 16.8. The van der Waals surface area contributed by atoms with E-state index in [2.05, 4.69) is 15.1 Å². The Morgan fingerprint density at radius 1 is 1.32 bits per heavy atom. The number of hydrogen-bond donors (Lipinski definition) is 1. The molecule has 1 fully saturated rings. The molecule has 1 aliphatic heterocycles. The van der Waals surface area contributed by atoms with E-state index in [4.69, 9.17) is 16.0 Å². The molecule has 0 saturated carbocycles. The molecule has 0 bridgehead atoms. The topological polar surface area (TPSA) is 48.7 Å². The zero-order valence-electron chi connectivity index (χ0n) is 14.0. The molecule has 1 aromatic heterocycles. The summed E-state index contributed by atoms with van der Waals surface area (Å²) in [6, 6.07) is 7.73. The fraction of sp³-hybridized carbons (Fsp3) is 0.389. The first-order valence-corrected chi connectivity index (χ1v) is 8.65. The van der Waals surface area contributed by atoms with E-state index in [1.165, 1.54) is 12.1 Å². The van der Waals surface area contributed by atoms with Crippen molar-refractivity contribution in [2.24, 2.45) is 0 Å². The van der Waals surface area contributed by atoms with Gasteiger partial charge in [0.25, 0.3) is 0 Å². The molecular formula is C18H21ClFN3O2. The van der Waals surface area contributed by atoms with Gasteiger partial charge in [0, 0.05) is 31.2 Å². The van der Waals surface area contributed by atoms with Crippen LogP contribution in [0, 0.1) is 5.82 Å². The van der Waals surface area contributed by atoms with Gasteiger partial charge in [-0.3, -0.25) is 14.6 Å². The summed E-state index contributed by atoms with van der Waals surface area (Å²) >= 11 is 5.73. The number of nitrogens with one attached hydrogen (secondary N) is 1. The Bertz CT molecular complexity index is 715. The largest absolute Gasteiger partial charge is 0.468 e. The second kappa shape index (κ2) is 7.99. The average molecular weight is 366 g/mol. The summed E-state index contributed by atoms with van der Waals surface area (Å²) in [5, 5.41) is 2.94. The maximum atomic E-state index is 13.8. The van der Waals surface area contributed by atoms with Gasteiger partial charge in [-0.1, -0.05) is 11.6 Å². The Morgan fingerprint density at radius 3 is 2.72 bits per heavy atom. The number of carbonyl (C=O) groups excluding carboxylic acids is 1. The third-order valence-corrected chi connectivity index (χ3v) is 4.72. The van der Waals surface area contributed by atoms with Crippen LogP contribution in [0.1, 0.15) is 12.7 Å². The van der Waals surface area contributed by atoms with Gasteiger partial charge in [0.15, 0.2) is 0 Å². The highest BCUT2D eigenvalue weighted by Crippen LogP contribution is 2.20. The number of piperazine rings is 1. The van der Waals surface area contributed by atoms with Crippen LogP contribution in [0.15, 0.2) is 41.0 Å². The molecule has 0 unspecified atom stereocenters. The van der Waals surface area contributed by atoms with Crippen molar-refractivity contribution in [3.8, 4) is 0 Å². The number of nitrogens with zero attached hydrogens (tertiary/aromatic N) is 2. The van der Waals surface area contributed by atoms with Crippen LogP contribution < -0.4 is 5.32 Å². The summed E-state index contributed by atoms with van der Waals surface area (Å²) in [7, 11) is 0. The molecule has 134 valence electrons. The summed E-state index contributed by atoms with van der Waals surface area (Å²) < 4.78 is 19.2. The number of halogens is 2. The van der Waals surface area contributed by atoms with E-state index in [0.29, 0.717) is 5.02 Å². The van der Waals surface area contributed by atoms with Crippen LogP contribution in [-0.2, 0) is 11.3 Å². The summed E-state index contributed by atoms with van der Waals surface area (Å²) in [6.45, 7) is 5.88. The molecule has 7 heteroatoms. The van der Waals surface area contributed by atoms with Gasteiger partial charge < -0.3 is 9.73 Å². The number of rotatable bonds is 5. The van der Waals surface area contributed by atoms with Crippen molar-refractivity contribution in [3.63, 3.8) is 0 Å². The van der Waals surface area contributed by atoms with Gasteiger partial charge in [-0.15, -0.1) is 0 Å². The molecule has 25 heavy (non-hydrogen) atoms. The molecular weight excluding hydrogens is 345 g/mol. The first-order chi connectivity index (χ1) is 12.0. The standard InChI is InChI=1S/C18H21ClFN3O2/c1-13(18(24)21-17-5-4-14(19)11-16(17)20)23-8-6-22(7-9-23)12-15-3-2-10-25-15/h2-5,10-11,13H,6-9,12H2,1H3,(H,21,24)/t13-/m1/s1. The lowest BCUT2D eigenvalue weighted by molar-refractivity contribution is -0.121. The van der Waals surface area contributed by atoms with Gasteiger partial charge in [-0.05, 0) is 37.3 Å². The molecule has 1 N–H and O–H groups in total.